The minimum atomic E-state index is -3.12. The van der Waals surface area contributed by atoms with Crippen LogP contribution in [0.3, 0.4) is 0 Å². The van der Waals surface area contributed by atoms with Gasteiger partial charge in [0.25, 0.3) is 0 Å². The van der Waals surface area contributed by atoms with Gasteiger partial charge in [-0.2, -0.15) is 5.10 Å². The third kappa shape index (κ3) is 7.19. The largest absolute Gasteiger partial charge is 0.491 e. The number of halogens is 2. The summed E-state index contributed by atoms with van der Waals surface area (Å²) >= 11 is 0. The van der Waals surface area contributed by atoms with Gasteiger partial charge in [-0.1, -0.05) is 6.92 Å². The molecular weight excluding hydrogens is 576 g/mol. The van der Waals surface area contributed by atoms with Crippen molar-refractivity contribution in [2.75, 3.05) is 18.6 Å². The van der Waals surface area contributed by atoms with E-state index in [2.05, 4.69) is 22.0 Å². The number of aromatic nitrogens is 4. The number of hydrogen-bond acceptors (Lipinski definition) is 8. The van der Waals surface area contributed by atoms with Crippen molar-refractivity contribution in [3.63, 3.8) is 0 Å². The molecule has 0 aliphatic heterocycles. The predicted octanol–water partition coefficient (Wildman–Crippen LogP) is 4.72. The number of benzene rings is 1. The Labute approximate surface area is 250 Å². The fraction of sp³-hybridized carbons (Fsp3) is 0.452. The number of imidazole rings is 1. The summed E-state index contributed by atoms with van der Waals surface area (Å²) in [5, 5.41) is 4.57. The fourth-order valence-electron chi connectivity index (χ4n) is 5.92. The number of nitrogens with zero attached hydrogens (tertiary/aromatic N) is 4. The lowest BCUT2D eigenvalue weighted by Crippen LogP contribution is -2.47. The van der Waals surface area contributed by atoms with Crippen molar-refractivity contribution in [1.82, 2.24) is 19.6 Å². The molecule has 1 aliphatic rings. The van der Waals surface area contributed by atoms with Crippen LogP contribution in [0.5, 0.6) is 5.75 Å². The number of nitrogens with two attached hydrogens (primary N) is 1. The van der Waals surface area contributed by atoms with Gasteiger partial charge in [0.05, 0.1) is 47.5 Å². The van der Waals surface area contributed by atoms with Crippen molar-refractivity contribution < 1.29 is 26.7 Å². The quantitative estimate of drug-likeness (QED) is 0.273. The molecule has 230 valence electrons. The van der Waals surface area contributed by atoms with Gasteiger partial charge in [-0.3, -0.25) is 4.98 Å². The van der Waals surface area contributed by atoms with E-state index in [1.165, 1.54) is 6.26 Å². The zero-order chi connectivity index (χ0) is 30.9. The van der Waals surface area contributed by atoms with Crippen molar-refractivity contribution in [2.24, 2.45) is 11.7 Å². The van der Waals surface area contributed by atoms with Crippen LogP contribution in [0.1, 0.15) is 56.5 Å². The molecule has 1 saturated carbocycles. The molecule has 4 aromatic rings. The number of fused-ring (bicyclic) bond motifs is 1. The zero-order valence-corrected chi connectivity index (χ0v) is 25.5. The van der Waals surface area contributed by atoms with Crippen LogP contribution in [0, 0.1) is 17.6 Å². The first-order chi connectivity index (χ1) is 20.4. The van der Waals surface area contributed by atoms with Gasteiger partial charge in [0.2, 0.25) is 0 Å². The standard InChI is InChI=1S/C31H37F2N5O4S/c1-18(2)42-23-14-25(32)30(26(33)15-23)28-6-5-22-17-36-29(38(22)37-28)13-21-16-35-8-7-24(21)20-11-19(3)31(27(34)12-20)41-9-10-43(4,39)40/h5-8,14-20,27,31H,9-13,34H2,1-4H3/t19-,20+,27+,31-/m0/s1. The van der Waals surface area contributed by atoms with E-state index in [9.17, 15) is 8.42 Å². The van der Waals surface area contributed by atoms with Crippen molar-refractivity contribution in [3.8, 4) is 17.0 Å². The lowest BCUT2D eigenvalue weighted by molar-refractivity contribution is -0.0154. The molecule has 43 heavy (non-hydrogen) atoms. The molecule has 0 bridgehead atoms. The molecule has 3 aromatic heterocycles. The maximum Gasteiger partial charge on any atom is 0.149 e. The minimum Gasteiger partial charge on any atom is -0.491 e. The third-order valence-electron chi connectivity index (χ3n) is 7.79. The van der Waals surface area contributed by atoms with Crippen LogP contribution in [-0.4, -0.2) is 64.9 Å². The van der Waals surface area contributed by atoms with Crippen molar-refractivity contribution in [3.05, 3.63) is 77.5 Å². The summed E-state index contributed by atoms with van der Waals surface area (Å²) in [4.78, 5) is 8.92. The second-order valence-electron chi connectivity index (χ2n) is 11.7. The van der Waals surface area contributed by atoms with Crippen molar-refractivity contribution in [1.29, 1.82) is 0 Å². The van der Waals surface area contributed by atoms with Gasteiger partial charge in [0.1, 0.15) is 33.0 Å². The van der Waals surface area contributed by atoms with Crippen LogP contribution in [0.25, 0.3) is 16.8 Å². The van der Waals surface area contributed by atoms with Crippen molar-refractivity contribution in [2.45, 2.75) is 64.2 Å². The highest BCUT2D eigenvalue weighted by molar-refractivity contribution is 7.90. The van der Waals surface area contributed by atoms with E-state index in [1.807, 2.05) is 6.07 Å². The summed E-state index contributed by atoms with van der Waals surface area (Å²) in [5.74, 6) is -0.589. The minimum absolute atomic E-state index is 0.0357. The second-order valence-corrected chi connectivity index (χ2v) is 13.9. The Kier molecular flexibility index (Phi) is 9.10. The maximum atomic E-state index is 15.1. The molecule has 0 unspecified atom stereocenters. The molecule has 0 saturated heterocycles. The Morgan fingerprint density at radius 3 is 2.53 bits per heavy atom. The van der Waals surface area contributed by atoms with Gasteiger partial charge in [0.15, 0.2) is 0 Å². The number of rotatable bonds is 10. The van der Waals surface area contributed by atoms with Gasteiger partial charge < -0.3 is 15.2 Å². The Hall–Kier alpha value is -3.48. The van der Waals surface area contributed by atoms with E-state index in [0.717, 1.165) is 29.7 Å². The molecule has 0 spiro atoms. The Balaban J connectivity index is 1.38. The average molecular weight is 614 g/mol. The predicted molar refractivity (Wildman–Crippen MR) is 160 cm³/mol. The molecule has 2 N–H and O–H groups in total. The van der Waals surface area contributed by atoms with E-state index in [-0.39, 0.29) is 59.5 Å². The average Bonchev–Trinajstić information content (AvgIpc) is 3.31. The lowest BCUT2D eigenvalue weighted by Gasteiger charge is -2.39. The fourth-order valence-corrected chi connectivity index (χ4v) is 6.32. The zero-order valence-electron chi connectivity index (χ0n) is 24.7. The normalized spacial score (nSPS) is 21.0. The molecular formula is C31H37F2N5O4S. The van der Waals surface area contributed by atoms with Gasteiger partial charge >= 0.3 is 0 Å². The lowest BCUT2D eigenvalue weighted by atomic mass is 9.73. The summed E-state index contributed by atoms with van der Waals surface area (Å²) in [6.45, 7) is 5.77. The second kappa shape index (κ2) is 12.6. The van der Waals surface area contributed by atoms with E-state index in [1.54, 1.807) is 49.1 Å². The molecule has 1 fully saturated rings. The maximum absolute atomic E-state index is 15.1. The molecule has 3 heterocycles. The number of pyridine rings is 1. The Morgan fingerprint density at radius 1 is 1.12 bits per heavy atom. The van der Waals surface area contributed by atoms with Crippen LogP contribution in [-0.2, 0) is 21.0 Å². The molecule has 12 heteroatoms. The van der Waals surface area contributed by atoms with Crippen LogP contribution in [0.2, 0.25) is 0 Å². The summed E-state index contributed by atoms with van der Waals surface area (Å²) in [6, 6.07) is 7.36. The van der Waals surface area contributed by atoms with Crippen LogP contribution >= 0.6 is 0 Å². The van der Waals surface area contributed by atoms with Gasteiger partial charge in [-0.25, -0.2) is 26.7 Å². The van der Waals surface area contributed by atoms with Crippen LogP contribution < -0.4 is 10.5 Å². The molecule has 0 radical (unpaired) electrons. The molecule has 1 aliphatic carbocycles. The summed E-state index contributed by atoms with van der Waals surface area (Å²) in [7, 11) is -3.12. The first kappa shape index (κ1) is 31.0. The highest BCUT2D eigenvalue weighted by atomic mass is 32.2. The number of ether oxygens (including phenoxy) is 2. The monoisotopic (exact) mass is 613 g/mol. The van der Waals surface area contributed by atoms with Gasteiger partial charge in [-0.15, -0.1) is 0 Å². The molecule has 4 atom stereocenters. The topological polar surface area (TPSA) is 122 Å². The molecule has 9 nitrogen and oxygen atoms in total. The molecule has 5 rings (SSSR count). The van der Waals surface area contributed by atoms with E-state index in [4.69, 9.17) is 15.2 Å². The van der Waals surface area contributed by atoms with Crippen LogP contribution in [0.4, 0.5) is 8.78 Å². The van der Waals surface area contributed by atoms with E-state index in [0.29, 0.717) is 24.2 Å². The number of hydrogen-bond donors (Lipinski definition) is 1. The van der Waals surface area contributed by atoms with E-state index < -0.39 is 21.5 Å². The Bertz CT molecular complexity index is 1680. The summed E-state index contributed by atoms with van der Waals surface area (Å²) in [6.07, 6.45) is 7.85. The van der Waals surface area contributed by atoms with Gasteiger partial charge in [0, 0.05) is 43.2 Å². The smallest absolute Gasteiger partial charge is 0.149 e. The highest BCUT2D eigenvalue weighted by Gasteiger charge is 2.36. The highest BCUT2D eigenvalue weighted by Crippen LogP contribution is 2.39. The number of sulfone groups is 1. The van der Waals surface area contributed by atoms with Gasteiger partial charge in [-0.05, 0) is 67.9 Å². The Morgan fingerprint density at radius 2 is 1.86 bits per heavy atom. The third-order valence-corrected chi connectivity index (χ3v) is 8.70. The molecule has 1 aromatic carbocycles. The van der Waals surface area contributed by atoms with E-state index >= 15 is 8.78 Å². The SMILES string of the molecule is CC(C)Oc1cc(F)c(-c2ccc3cnc(Cc4cnccc4[C@H]4C[C@@H](N)[C@@H](OCCS(C)(=O)=O)[C@@H](C)C4)n3n2)c(F)c1. The molecule has 0 amide bonds. The van der Waals surface area contributed by atoms with Crippen molar-refractivity contribution >= 4 is 15.4 Å². The first-order valence-corrected chi connectivity index (χ1v) is 16.4. The van der Waals surface area contributed by atoms with Crippen LogP contribution in [0.15, 0.2) is 48.9 Å². The summed E-state index contributed by atoms with van der Waals surface area (Å²) < 4.78 is 66.1. The first-order valence-electron chi connectivity index (χ1n) is 14.4. The summed E-state index contributed by atoms with van der Waals surface area (Å²) in [5.41, 5.74) is 9.19.